The van der Waals surface area contributed by atoms with Gasteiger partial charge in [-0.25, -0.2) is 4.98 Å². The largest absolute Gasteiger partial charge is 0.283 e. The number of nitro benzene ring substituents is 1. The Morgan fingerprint density at radius 2 is 1.42 bits per heavy atom. The van der Waals surface area contributed by atoms with Crippen molar-refractivity contribution in [1.29, 1.82) is 0 Å². The maximum Gasteiger partial charge on any atom is 0.283 e. The molecule has 4 aromatic carbocycles. The molecule has 0 N–H and O–H groups in total. The van der Waals surface area contributed by atoms with Gasteiger partial charge in [0.15, 0.2) is 9.45 Å². The number of aromatic nitrogens is 1. The van der Waals surface area contributed by atoms with Crippen molar-refractivity contribution in [1.82, 2.24) is 4.98 Å². The van der Waals surface area contributed by atoms with E-state index in [9.17, 15) is 19.7 Å². The summed E-state index contributed by atoms with van der Waals surface area (Å²) in [6, 6.07) is 23.4. The van der Waals surface area contributed by atoms with Crippen molar-refractivity contribution in [3.63, 3.8) is 0 Å². The van der Waals surface area contributed by atoms with Gasteiger partial charge >= 0.3 is 0 Å². The van der Waals surface area contributed by atoms with Crippen LogP contribution in [-0.4, -0.2) is 26.8 Å². The monoisotopic (exact) mass is 650 g/mol. The molecule has 6 rings (SSSR count). The Morgan fingerprint density at radius 1 is 0.822 bits per heavy atom. The molecule has 1 fully saturated rings. The molecule has 1 aliphatic rings. The molecule has 11 heteroatoms. The number of benzene rings is 4. The van der Waals surface area contributed by atoms with E-state index in [2.05, 4.69) is 4.98 Å². The smallest absolute Gasteiger partial charge is 0.268 e. The summed E-state index contributed by atoms with van der Waals surface area (Å²) < 4.78 is 1.66. The fourth-order valence-electron chi connectivity index (χ4n) is 4.92. The number of hydrogen-bond donors (Lipinski definition) is 0. The maximum absolute atomic E-state index is 14.0. The fourth-order valence-corrected chi connectivity index (χ4v) is 7.41. The highest BCUT2D eigenvalue weighted by Gasteiger charge is 2.41. The number of hydrogen-bond acceptors (Lipinski definition) is 8. The minimum absolute atomic E-state index is 0.0298. The molecule has 0 spiro atoms. The average Bonchev–Trinajstić information content (AvgIpc) is 3.42. The predicted molar refractivity (Wildman–Crippen MR) is 184 cm³/mol. The first-order valence-corrected chi connectivity index (χ1v) is 16.0. The first-order chi connectivity index (χ1) is 21.5. The van der Waals surface area contributed by atoms with Crippen LogP contribution >= 0.6 is 35.3 Å². The standard InChI is InChI=1S/C34H26N4O4S3/c1-19-9-12-24(15-21(19)3)36-31(39)26(32(40)37(34(36)43)25-13-10-20(2)22(4)16-25)17-23-11-14-30(28(18-23)38(41)42)45-33-35-27-7-5-6-8-29(27)44-33/h5-18H,1-4H3. The van der Waals surface area contributed by atoms with Gasteiger partial charge in [-0.1, -0.05) is 42.1 Å². The first-order valence-electron chi connectivity index (χ1n) is 13.9. The Hall–Kier alpha value is -4.71. The number of thiazole rings is 1. The topological polar surface area (TPSA) is 96.6 Å². The van der Waals surface area contributed by atoms with E-state index in [1.807, 2.05) is 76.2 Å². The van der Waals surface area contributed by atoms with Crippen molar-refractivity contribution in [3.8, 4) is 0 Å². The van der Waals surface area contributed by atoms with E-state index in [0.717, 1.165) is 32.5 Å². The third-order valence-corrected chi connectivity index (χ3v) is 10.2. The quantitative estimate of drug-likeness (QED) is 0.0599. The summed E-state index contributed by atoms with van der Waals surface area (Å²) in [7, 11) is 0. The van der Waals surface area contributed by atoms with Gasteiger partial charge in [-0.2, -0.15) is 0 Å². The number of para-hydroxylation sites is 1. The zero-order valence-corrected chi connectivity index (χ0v) is 27.2. The minimum Gasteiger partial charge on any atom is -0.268 e. The third kappa shape index (κ3) is 5.77. The molecule has 0 bridgehead atoms. The van der Waals surface area contributed by atoms with E-state index >= 15 is 0 Å². The summed E-state index contributed by atoms with van der Waals surface area (Å²) in [6.45, 7) is 7.81. The Balaban J connectivity index is 1.43. The fraction of sp³-hybridized carbons (Fsp3) is 0.118. The number of rotatable bonds is 6. The molecule has 1 aromatic heterocycles. The number of amides is 2. The molecule has 0 atom stereocenters. The highest BCUT2D eigenvalue weighted by molar-refractivity contribution is 8.01. The molecule has 0 aliphatic carbocycles. The van der Waals surface area contributed by atoms with Crippen LogP contribution in [0, 0.1) is 37.8 Å². The molecule has 5 aromatic rings. The van der Waals surface area contributed by atoms with Gasteiger partial charge in [0.1, 0.15) is 5.57 Å². The first kappa shape index (κ1) is 30.3. The van der Waals surface area contributed by atoms with Gasteiger partial charge in [-0.3, -0.25) is 29.5 Å². The van der Waals surface area contributed by atoms with Crippen LogP contribution < -0.4 is 9.80 Å². The van der Waals surface area contributed by atoms with Gasteiger partial charge in [0.25, 0.3) is 17.5 Å². The maximum atomic E-state index is 14.0. The second-order valence-corrected chi connectivity index (χ2v) is 13.4. The number of thiocarbonyl (C=S) groups is 1. The summed E-state index contributed by atoms with van der Waals surface area (Å²) in [5.41, 5.74) is 5.88. The predicted octanol–water partition coefficient (Wildman–Crippen LogP) is 8.34. The lowest BCUT2D eigenvalue weighted by molar-refractivity contribution is -0.387. The lowest BCUT2D eigenvalue weighted by Crippen LogP contribution is -2.57. The van der Waals surface area contributed by atoms with Crippen molar-refractivity contribution in [2.75, 3.05) is 9.80 Å². The van der Waals surface area contributed by atoms with E-state index in [1.54, 1.807) is 24.3 Å². The van der Waals surface area contributed by atoms with Crippen LogP contribution in [0.1, 0.15) is 27.8 Å². The van der Waals surface area contributed by atoms with Crippen LogP contribution in [0.15, 0.2) is 93.7 Å². The van der Waals surface area contributed by atoms with Crippen molar-refractivity contribution >= 4 is 85.6 Å². The number of carbonyl (C=O) groups is 2. The Kier molecular flexibility index (Phi) is 8.08. The average molecular weight is 651 g/mol. The van der Waals surface area contributed by atoms with Crippen LogP contribution in [-0.2, 0) is 9.59 Å². The molecule has 1 aliphatic heterocycles. The molecule has 45 heavy (non-hydrogen) atoms. The van der Waals surface area contributed by atoms with Gasteiger partial charge in [-0.15, -0.1) is 11.3 Å². The summed E-state index contributed by atoms with van der Waals surface area (Å²) in [5, 5.41) is 12.2. The van der Waals surface area contributed by atoms with Crippen LogP contribution in [0.2, 0.25) is 0 Å². The molecular formula is C34H26N4O4S3. The van der Waals surface area contributed by atoms with E-state index in [-0.39, 0.29) is 16.4 Å². The zero-order chi connectivity index (χ0) is 32.0. The molecule has 2 heterocycles. The summed E-state index contributed by atoms with van der Waals surface area (Å²) in [6.07, 6.45) is 1.40. The van der Waals surface area contributed by atoms with E-state index in [1.165, 1.54) is 45.0 Å². The number of anilines is 2. The lowest BCUT2D eigenvalue weighted by Gasteiger charge is -2.37. The summed E-state index contributed by atoms with van der Waals surface area (Å²) in [4.78, 5) is 47.4. The van der Waals surface area contributed by atoms with Gasteiger partial charge < -0.3 is 0 Å². The van der Waals surface area contributed by atoms with Crippen molar-refractivity contribution < 1.29 is 14.5 Å². The highest BCUT2D eigenvalue weighted by Crippen LogP contribution is 2.40. The zero-order valence-electron chi connectivity index (χ0n) is 24.7. The molecular weight excluding hydrogens is 625 g/mol. The molecule has 0 radical (unpaired) electrons. The normalized spacial score (nSPS) is 13.6. The lowest BCUT2D eigenvalue weighted by atomic mass is 10.0. The number of aryl methyl sites for hydroxylation is 4. The molecule has 0 saturated carbocycles. The number of nitrogens with zero attached hydrogens (tertiary/aromatic N) is 4. The second kappa shape index (κ2) is 12.0. The van der Waals surface area contributed by atoms with Crippen molar-refractivity contribution in [3.05, 3.63) is 122 Å². The molecule has 1 saturated heterocycles. The van der Waals surface area contributed by atoms with Gasteiger partial charge in [0, 0.05) is 6.07 Å². The SMILES string of the molecule is Cc1ccc(N2C(=O)C(=Cc3ccc(Sc4nc5ccccc5s4)c([N+](=O)[O-])c3)C(=O)N(c3ccc(C)c(C)c3)C2=S)cc1C. The molecule has 2 amide bonds. The van der Waals surface area contributed by atoms with Gasteiger partial charge in [0.05, 0.1) is 31.4 Å². The van der Waals surface area contributed by atoms with E-state index < -0.39 is 16.7 Å². The van der Waals surface area contributed by atoms with E-state index in [0.29, 0.717) is 26.2 Å². The second-order valence-electron chi connectivity index (χ2n) is 10.7. The molecule has 8 nitrogen and oxygen atoms in total. The number of nitro groups is 1. The van der Waals surface area contributed by atoms with Crippen LogP contribution in [0.5, 0.6) is 0 Å². The number of carbonyl (C=O) groups excluding carboxylic acids is 2. The molecule has 224 valence electrons. The van der Waals surface area contributed by atoms with Gasteiger partial charge in [-0.05, 0) is 116 Å². The van der Waals surface area contributed by atoms with Crippen molar-refractivity contribution in [2.24, 2.45) is 0 Å². The summed E-state index contributed by atoms with van der Waals surface area (Å²) >= 11 is 8.43. The van der Waals surface area contributed by atoms with Gasteiger partial charge in [0.2, 0.25) is 0 Å². The van der Waals surface area contributed by atoms with Crippen LogP contribution in [0.4, 0.5) is 17.1 Å². The minimum atomic E-state index is -0.607. The van der Waals surface area contributed by atoms with Crippen LogP contribution in [0.3, 0.4) is 0 Å². The third-order valence-electron chi connectivity index (χ3n) is 7.71. The summed E-state index contributed by atoms with van der Waals surface area (Å²) in [5.74, 6) is -1.21. The Bertz CT molecular complexity index is 1990. The number of fused-ring (bicyclic) bond motifs is 1. The highest BCUT2D eigenvalue weighted by atomic mass is 32.2. The Labute approximate surface area is 273 Å². The Morgan fingerprint density at radius 3 is 1.98 bits per heavy atom. The van der Waals surface area contributed by atoms with E-state index in [4.69, 9.17) is 12.2 Å². The van der Waals surface area contributed by atoms with Crippen LogP contribution in [0.25, 0.3) is 16.3 Å². The van der Waals surface area contributed by atoms with Crippen molar-refractivity contribution in [2.45, 2.75) is 36.9 Å². The molecule has 0 unspecified atom stereocenters.